The molecule has 1 saturated carbocycles. The van der Waals surface area contributed by atoms with Gasteiger partial charge in [0.1, 0.15) is 0 Å². The maximum atomic E-state index is 6.05. The van der Waals surface area contributed by atoms with E-state index in [2.05, 4.69) is 42.3 Å². The Labute approximate surface area is 128 Å². The van der Waals surface area contributed by atoms with E-state index in [9.17, 15) is 0 Å². The second-order valence-electron chi connectivity index (χ2n) is 5.81. The molecule has 0 heterocycles. The Morgan fingerprint density at radius 1 is 1.25 bits per heavy atom. The van der Waals surface area contributed by atoms with E-state index in [-0.39, 0.29) is 0 Å². The Morgan fingerprint density at radius 2 is 2.05 bits per heavy atom. The number of likely N-dealkylation sites (N-methyl/N-ethyl adjacent to an activating group) is 1. The standard InChI is InChI=1S/C17H27ClN2/c1-3-9-20(4-2)10-8-19-17-12-15(13-17)14-6-5-7-16(18)11-14/h5-7,11,15,17,19H,3-4,8-10,12-13H2,1-2H3. The molecule has 0 radical (unpaired) electrons. The van der Waals surface area contributed by atoms with Crippen LogP contribution in [0.25, 0.3) is 0 Å². The molecular weight excluding hydrogens is 268 g/mol. The Hall–Kier alpha value is -0.570. The van der Waals surface area contributed by atoms with Gasteiger partial charge in [-0.1, -0.05) is 37.6 Å². The molecule has 2 nitrogen and oxygen atoms in total. The van der Waals surface area contributed by atoms with E-state index in [4.69, 9.17) is 11.6 Å². The highest BCUT2D eigenvalue weighted by atomic mass is 35.5. The quantitative estimate of drug-likeness (QED) is 0.782. The van der Waals surface area contributed by atoms with Crippen molar-refractivity contribution in [3.8, 4) is 0 Å². The van der Waals surface area contributed by atoms with E-state index >= 15 is 0 Å². The topological polar surface area (TPSA) is 15.3 Å². The zero-order chi connectivity index (χ0) is 14.4. The summed E-state index contributed by atoms with van der Waals surface area (Å²) in [5.74, 6) is 0.698. The number of benzene rings is 1. The SMILES string of the molecule is CCCN(CC)CCNC1CC(c2cccc(Cl)c2)C1. The third-order valence-electron chi connectivity index (χ3n) is 4.31. The molecule has 1 fully saturated rings. The van der Waals surface area contributed by atoms with Gasteiger partial charge in [-0.05, 0) is 56.0 Å². The van der Waals surface area contributed by atoms with Crippen molar-refractivity contribution >= 4 is 11.6 Å². The van der Waals surface area contributed by atoms with Crippen molar-refractivity contribution in [1.82, 2.24) is 10.2 Å². The van der Waals surface area contributed by atoms with Crippen LogP contribution in [0.4, 0.5) is 0 Å². The fraction of sp³-hybridized carbons (Fsp3) is 0.647. The number of hydrogen-bond donors (Lipinski definition) is 1. The van der Waals surface area contributed by atoms with Crippen molar-refractivity contribution < 1.29 is 0 Å². The first-order valence-corrected chi connectivity index (χ1v) is 8.32. The minimum atomic E-state index is 0.694. The summed E-state index contributed by atoms with van der Waals surface area (Å²) in [5, 5.41) is 4.54. The number of halogens is 1. The summed E-state index contributed by atoms with van der Waals surface area (Å²) < 4.78 is 0. The molecular formula is C17H27ClN2. The summed E-state index contributed by atoms with van der Waals surface area (Å²) in [4.78, 5) is 2.51. The summed E-state index contributed by atoms with van der Waals surface area (Å²) in [6.07, 6.45) is 3.74. The molecule has 1 N–H and O–H groups in total. The van der Waals surface area contributed by atoms with Gasteiger partial charge in [0.05, 0.1) is 0 Å². The van der Waals surface area contributed by atoms with Gasteiger partial charge in [-0.2, -0.15) is 0 Å². The number of nitrogens with zero attached hydrogens (tertiary/aromatic N) is 1. The van der Waals surface area contributed by atoms with Crippen LogP contribution in [0.15, 0.2) is 24.3 Å². The first-order chi connectivity index (χ1) is 9.72. The van der Waals surface area contributed by atoms with Crippen LogP contribution in [0.2, 0.25) is 5.02 Å². The van der Waals surface area contributed by atoms with Crippen LogP contribution in [-0.4, -0.2) is 37.1 Å². The van der Waals surface area contributed by atoms with Gasteiger partial charge in [-0.25, -0.2) is 0 Å². The average Bonchev–Trinajstić information content (AvgIpc) is 2.40. The molecule has 1 aliphatic rings. The Kier molecular flexibility index (Phi) is 6.34. The highest BCUT2D eigenvalue weighted by Crippen LogP contribution is 2.37. The van der Waals surface area contributed by atoms with E-state index in [1.165, 1.54) is 37.9 Å². The molecule has 1 aliphatic carbocycles. The molecule has 1 aromatic rings. The van der Waals surface area contributed by atoms with Crippen LogP contribution in [-0.2, 0) is 0 Å². The lowest BCUT2D eigenvalue weighted by Gasteiger charge is -2.37. The maximum absolute atomic E-state index is 6.05. The normalized spacial score (nSPS) is 22.0. The minimum absolute atomic E-state index is 0.694. The summed E-state index contributed by atoms with van der Waals surface area (Å²) >= 11 is 6.05. The molecule has 3 heteroatoms. The summed E-state index contributed by atoms with van der Waals surface area (Å²) in [7, 11) is 0. The lowest BCUT2D eigenvalue weighted by Crippen LogP contribution is -2.43. The molecule has 0 unspecified atom stereocenters. The van der Waals surface area contributed by atoms with E-state index in [1.807, 2.05) is 6.07 Å². The molecule has 112 valence electrons. The molecule has 1 aromatic carbocycles. The lowest BCUT2D eigenvalue weighted by molar-refractivity contribution is 0.250. The number of rotatable bonds is 8. The third-order valence-corrected chi connectivity index (χ3v) is 4.54. The van der Waals surface area contributed by atoms with Gasteiger partial charge in [0, 0.05) is 24.2 Å². The van der Waals surface area contributed by atoms with Gasteiger partial charge in [0.2, 0.25) is 0 Å². The minimum Gasteiger partial charge on any atom is -0.313 e. The summed E-state index contributed by atoms with van der Waals surface area (Å²) in [6.45, 7) is 9.15. The summed E-state index contributed by atoms with van der Waals surface area (Å²) in [5.41, 5.74) is 1.40. The molecule has 20 heavy (non-hydrogen) atoms. The Morgan fingerprint density at radius 3 is 2.70 bits per heavy atom. The van der Waals surface area contributed by atoms with Gasteiger partial charge in [0.15, 0.2) is 0 Å². The van der Waals surface area contributed by atoms with Gasteiger partial charge >= 0.3 is 0 Å². The zero-order valence-electron chi connectivity index (χ0n) is 12.7. The van der Waals surface area contributed by atoms with Crippen LogP contribution >= 0.6 is 11.6 Å². The highest BCUT2D eigenvalue weighted by molar-refractivity contribution is 6.30. The van der Waals surface area contributed by atoms with Crippen LogP contribution < -0.4 is 5.32 Å². The average molecular weight is 295 g/mol. The molecule has 0 aromatic heterocycles. The first kappa shape index (κ1) is 15.8. The maximum Gasteiger partial charge on any atom is 0.0408 e. The largest absolute Gasteiger partial charge is 0.313 e. The van der Waals surface area contributed by atoms with Gasteiger partial charge in [0.25, 0.3) is 0 Å². The van der Waals surface area contributed by atoms with Gasteiger partial charge in [-0.3, -0.25) is 0 Å². The first-order valence-electron chi connectivity index (χ1n) is 7.94. The Bertz CT molecular complexity index is 402. The van der Waals surface area contributed by atoms with E-state index < -0.39 is 0 Å². The number of hydrogen-bond acceptors (Lipinski definition) is 2. The van der Waals surface area contributed by atoms with E-state index in [0.717, 1.165) is 18.1 Å². The predicted octanol–water partition coefficient (Wildman–Crippen LogP) is 3.91. The molecule has 2 rings (SSSR count). The van der Waals surface area contributed by atoms with Crippen molar-refractivity contribution in [2.75, 3.05) is 26.2 Å². The molecule has 0 bridgehead atoms. The van der Waals surface area contributed by atoms with E-state index in [1.54, 1.807) is 0 Å². The van der Waals surface area contributed by atoms with Crippen molar-refractivity contribution in [3.63, 3.8) is 0 Å². The van der Waals surface area contributed by atoms with Crippen molar-refractivity contribution in [2.45, 2.75) is 45.1 Å². The smallest absolute Gasteiger partial charge is 0.0408 e. The van der Waals surface area contributed by atoms with E-state index in [0.29, 0.717) is 12.0 Å². The van der Waals surface area contributed by atoms with Crippen LogP contribution in [0, 0.1) is 0 Å². The highest BCUT2D eigenvalue weighted by Gasteiger charge is 2.29. The van der Waals surface area contributed by atoms with Gasteiger partial charge < -0.3 is 10.2 Å². The van der Waals surface area contributed by atoms with Gasteiger partial charge in [-0.15, -0.1) is 0 Å². The van der Waals surface area contributed by atoms with Crippen LogP contribution in [0.5, 0.6) is 0 Å². The molecule has 0 saturated heterocycles. The molecule has 0 atom stereocenters. The van der Waals surface area contributed by atoms with Crippen LogP contribution in [0.1, 0.15) is 44.6 Å². The lowest BCUT2D eigenvalue weighted by atomic mass is 9.76. The monoisotopic (exact) mass is 294 g/mol. The summed E-state index contributed by atoms with van der Waals surface area (Å²) in [6, 6.07) is 9.02. The van der Waals surface area contributed by atoms with Crippen molar-refractivity contribution in [3.05, 3.63) is 34.9 Å². The second kappa shape index (κ2) is 8.02. The molecule has 0 amide bonds. The predicted molar refractivity (Wildman–Crippen MR) is 87.6 cm³/mol. The van der Waals surface area contributed by atoms with Crippen molar-refractivity contribution in [2.24, 2.45) is 0 Å². The van der Waals surface area contributed by atoms with Crippen LogP contribution in [0.3, 0.4) is 0 Å². The molecule has 0 aliphatic heterocycles. The Balaban J connectivity index is 1.64. The fourth-order valence-corrected chi connectivity index (χ4v) is 3.19. The number of nitrogens with one attached hydrogen (secondary N) is 1. The third kappa shape index (κ3) is 4.47. The zero-order valence-corrected chi connectivity index (χ0v) is 13.5. The molecule has 0 spiro atoms. The fourth-order valence-electron chi connectivity index (χ4n) is 2.99. The second-order valence-corrected chi connectivity index (χ2v) is 6.25. The van der Waals surface area contributed by atoms with Crippen molar-refractivity contribution in [1.29, 1.82) is 0 Å².